The molecule has 136 valence electrons. The van der Waals surface area contributed by atoms with E-state index in [1.807, 2.05) is 36.4 Å². The van der Waals surface area contributed by atoms with E-state index in [1.54, 1.807) is 7.11 Å². The van der Waals surface area contributed by atoms with E-state index in [0.717, 1.165) is 46.3 Å². The molecule has 3 aromatic rings. The number of para-hydroxylation sites is 1. The zero-order valence-corrected chi connectivity index (χ0v) is 15.1. The molecule has 0 saturated carbocycles. The SMILES string of the molecule is COc1ccc2cc([C@H]3NC(=O)c4cccc5c4N3CC[C@@H]5N)ccc2c1. The minimum absolute atomic E-state index is 0.0215. The fourth-order valence-electron chi connectivity index (χ4n) is 4.25. The zero-order valence-electron chi connectivity index (χ0n) is 15.1. The number of amides is 1. The van der Waals surface area contributed by atoms with Gasteiger partial charge in [0.15, 0.2) is 0 Å². The van der Waals surface area contributed by atoms with Crippen molar-refractivity contribution in [2.24, 2.45) is 5.73 Å². The normalized spacial score (nSPS) is 21.0. The van der Waals surface area contributed by atoms with Crippen LogP contribution in [-0.2, 0) is 0 Å². The van der Waals surface area contributed by atoms with Crippen LogP contribution in [0.1, 0.15) is 40.1 Å². The van der Waals surface area contributed by atoms with Gasteiger partial charge in [0.25, 0.3) is 5.91 Å². The van der Waals surface area contributed by atoms with Gasteiger partial charge in [-0.05, 0) is 52.6 Å². The molecule has 0 spiro atoms. The van der Waals surface area contributed by atoms with Crippen molar-refractivity contribution < 1.29 is 9.53 Å². The molecule has 0 aromatic heterocycles. The highest BCUT2D eigenvalue weighted by atomic mass is 16.5. The van der Waals surface area contributed by atoms with Crippen molar-refractivity contribution in [1.82, 2.24) is 5.32 Å². The Bertz CT molecular complexity index is 1060. The summed E-state index contributed by atoms with van der Waals surface area (Å²) in [5.41, 5.74) is 10.1. The topological polar surface area (TPSA) is 67.6 Å². The number of fused-ring (bicyclic) bond motifs is 1. The molecule has 3 aromatic carbocycles. The molecule has 2 aliphatic heterocycles. The van der Waals surface area contributed by atoms with Crippen molar-refractivity contribution in [1.29, 1.82) is 0 Å². The van der Waals surface area contributed by atoms with Crippen LogP contribution in [0.15, 0.2) is 54.6 Å². The van der Waals surface area contributed by atoms with E-state index in [0.29, 0.717) is 5.56 Å². The number of hydrogen-bond acceptors (Lipinski definition) is 4. The number of ether oxygens (including phenoxy) is 1. The molecule has 1 amide bonds. The minimum atomic E-state index is -0.190. The quantitative estimate of drug-likeness (QED) is 0.735. The van der Waals surface area contributed by atoms with Gasteiger partial charge in [-0.3, -0.25) is 4.79 Å². The third-order valence-electron chi connectivity index (χ3n) is 5.65. The van der Waals surface area contributed by atoms with Crippen molar-refractivity contribution in [2.45, 2.75) is 18.6 Å². The van der Waals surface area contributed by atoms with E-state index in [1.165, 1.54) is 0 Å². The molecule has 2 atom stereocenters. The molecule has 5 heteroatoms. The highest BCUT2D eigenvalue weighted by Gasteiger charge is 2.37. The van der Waals surface area contributed by atoms with Crippen LogP contribution in [0.25, 0.3) is 10.8 Å². The zero-order chi connectivity index (χ0) is 18.5. The number of benzene rings is 3. The number of rotatable bonds is 2. The molecular formula is C22H21N3O2. The number of hydrogen-bond donors (Lipinski definition) is 2. The number of nitrogens with two attached hydrogens (primary N) is 1. The van der Waals surface area contributed by atoms with Crippen LogP contribution in [0, 0.1) is 0 Å². The van der Waals surface area contributed by atoms with Gasteiger partial charge in [-0.1, -0.05) is 30.3 Å². The number of anilines is 1. The molecule has 0 unspecified atom stereocenters. The molecule has 2 heterocycles. The average molecular weight is 359 g/mol. The largest absolute Gasteiger partial charge is 0.497 e. The van der Waals surface area contributed by atoms with Gasteiger partial charge < -0.3 is 20.7 Å². The second-order valence-electron chi connectivity index (χ2n) is 7.18. The molecule has 2 aliphatic rings. The average Bonchev–Trinajstić information content (AvgIpc) is 2.71. The van der Waals surface area contributed by atoms with E-state index in [4.69, 9.17) is 10.5 Å². The van der Waals surface area contributed by atoms with Crippen molar-refractivity contribution in [2.75, 3.05) is 18.6 Å². The van der Waals surface area contributed by atoms with E-state index in [-0.39, 0.29) is 18.1 Å². The fourth-order valence-corrected chi connectivity index (χ4v) is 4.25. The summed E-state index contributed by atoms with van der Waals surface area (Å²) in [7, 11) is 1.67. The summed E-state index contributed by atoms with van der Waals surface area (Å²) in [6.07, 6.45) is 0.679. The van der Waals surface area contributed by atoms with Crippen LogP contribution < -0.4 is 20.7 Å². The van der Waals surface area contributed by atoms with Crippen LogP contribution in [0.5, 0.6) is 5.75 Å². The highest BCUT2D eigenvalue weighted by molar-refractivity contribution is 6.03. The van der Waals surface area contributed by atoms with Crippen LogP contribution in [0.3, 0.4) is 0 Å². The molecule has 5 rings (SSSR count). The first-order valence-corrected chi connectivity index (χ1v) is 9.19. The molecule has 3 N–H and O–H groups in total. The molecule has 27 heavy (non-hydrogen) atoms. The van der Waals surface area contributed by atoms with E-state index in [2.05, 4.69) is 28.4 Å². The van der Waals surface area contributed by atoms with Gasteiger partial charge in [-0.25, -0.2) is 0 Å². The summed E-state index contributed by atoms with van der Waals surface area (Å²) in [4.78, 5) is 15.0. The van der Waals surface area contributed by atoms with Crippen LogP contribution in [-0.4, -0.2) is 19.6 Å². The van der Waals surface area contributed by atoms with Gasteiger partial charge in [0.1, 0.15) is 11.9 Å². The predicted octanol–water partition coefficient (Wildman–Crippen LogP) is 3.50. The standard InChI is InChI=1S/C22H21N3O2/c1-27-16-8-7-13-11-15(6-5-14(13)12-16)21-24-22(26)18-4-2-3-17-19(23)9-10-25(21)20(17)18/h2-8,11-12,19,21H,9-10,23H2,1H3,(H,24,26)/t19-,21-/m0/s1. The van der Waals surface area contributed by atoms with E-state index >= 15 is 0 Å². The predicted molar refractivity (Wildman–Crippen MR) is 106 cm³/mol. The van der Waals surface area contributed by atoms with Crippen molar-refractivity contribution in [3.8, 4) is 5.75 Å². The monoisotopic (exact) mass is 359 g/mol. The lowest BCUT2D eigenvalue weighted by atomic mass is 9.90. The maximum Gasteiger partial charge on any atom is 0.255 e. The van der Waals surface area contributed by atoms with E-state index < -0.39 is 0 Å². The molecule has 0 aliphatic carbocycles. The number of methoxy groups -OCH3 is 1. The van der Waals surface area contributed by atoms with Crippen molar-refractivity contribution in [3.63, 3.8) is 0 Å². The van der Waals surface area contributed by atoms with Gasteiger partial charge >= 0.3 is 0 Å². The Balaban J connectivity index is 1.62. The highest BCUT2D eigenvalue weighted by Crippen LogP contribution is 2.42. The Labute approximate surface area is 157 Å². The lowest BCUT2D eigenvalue weighted by Crippen LogP contribution is -2.49. The molecule has 0 saturated heterocycles. The third-order valence-corrected chi connectivity index (χ3v) is 5.65. The molecule has 0 fully saturated rings. The number of nitrogens with one attached hydrogen (secondary N) is 1. The Morgan fingerprint density at radius 1 is 1.11 bits per heavy atom. The maximum atomic E-state index is 12.8. The van der Waals surface area contributed by atoms with Crippen LogP contribution in [0.2, 0.25) is 0 Å². The summed E-state index contributed by atoms with van der Waals surface area (Å²) in [5, 5.41) is 5.41. The van der Waals surface area contributed by atoms with Gasteiger partial charge in [0.05, 0.1) is 18.4 Å². The van der Waals surface area contributed by atoms with Gasteiger partial charge in [-0.15, -0.1) is 0 Å². The second-order valence-corrected chi connectivity index (χ2v) is 7.18. The van der Waals surface area contributed by atoms with E-state index in [9.17, 15) is 4.79 Å². The number of carbonyl (C=O) groups is 1. The summed E-state index contributed by atoms with van der Waals surface area (Å²) in [5.74, 6) is 0.793. The summed E-state index contributed by atoms with van der Waals surface area (Å²) < 4.78 is 5.31. The first-order valence-electron chi connectivity index (χ1n) is 9.19. The Kier molecular flexibility index (Phi) is 3.58. The van der Waals surface area contributed by atoms with Crippen LogP contribution in [0.4, 0.5) is 5.69 Å². The van der Waals surface area contributed by atoms with Crippen molar-refractivity contribution in [3.05, 3.63) is 71.3 Å². The fraction of sp³-hybridized carbons (Fsp3) is 0.227. The number of carbonyl (C=O) groups excluding carboxylic acids is 1. The first-order chi connectivity index (χ1) is 13.2. The summed E-state index contributed by atoms with van der Waals surface area (Å²) in [6.45, 7) is 0.816. The Morgan fingerprint density at radius 3 is 2.78 bits per heavy atom. The van der Waals surface area contributed by atoms with Crippen molar-refractivity contribution >= 4 is 22.4 Å². The lowest BCUT2D eigenvalue weighted by Gasteiger charge is -2.44. The Morgan fingerprint density at radius 2 is 1.93 bits per heavy atom. The van der Waals surface area contributed by atoms with Gasteiger partial charge in [0.2, 0.25) is 0 Å². The second kappa shape index (κ2) is 5.99. The molecule has 0 radical (unpaired) electrons. The summed E-state index contributed by atoms with van der Waals surface area (Å²) >= 11 is 0. The van der Waals surface area contributed by atoms with Crippen LogP contribution >= 0.6 is 0 Å². The third kappa shape index (κ3) is 2.46. The smallest absolute Gasteiger partial charge is 0.255 e. The molecule has 0 bridgehead atoms. The number of nitrogens with zero attached hydrogens (tertiary/aromatic N) is 1. The molecule has 5 nitrogen and oxygen atoms in total. The maximum absolute atomic E-state index is 12.8. The van der Waals surface area contributed by atoms with Gasteiger partial charge in [-0.2, -0.15) is 0 Å². The minimum Gasteiger partial charge on any atom is -0.497 e. The summed E-state index contributed by atoms with van der Waals surface area (Å²) in [6, 6.07) is 18.1. The Hall–Kier alpha value is -3.05. The van der Waals surface area contributed by atoms with Gasteiger partial charge in [0, 0.05) is 12.6 Å². The molecular weight excluding hydrogens is 338 g/mol. The first kappa shape index (κ1) is 16.1. The lowest BCUT2D eigenvalue weighted by molar-refractivity contribution is 0.0925.